The summed E-state index contributed by atoms with van der Waals surface area (Å²) >= 11 is 0. The molecule has 196 valence electrons. The largest absolute Gasteiger partial charge is 0.379 e. The highest BCUT2D eigenvalue weighted by Crippen LogP contribution is 2.23. The Hall–Kier alpha value is -1.14. The van der Waals surface area contributed by atoms with E-state index in [-0.39, 0.29) is 28.1 Å². The molecule has 6 heteroatoms. The molecule has 0 saturated heterocycles. The quantitative estimate of drug-likeness (QED) is 0.292. The summed E-state index contributed by atoms with van der Waals surface area (Å²) < 4.78 is 11.1. The first-order chi connectivity index (χ1) is 15.1. The Labute approximate surface area is 204 Å². The molecule has 0 aromatic heterocycles. The van der Waals surface area contributed by atoms with Crippen LogP contribution < -0.4 is 10.6 Å². The van der Waals surface area contributed by atoms with E-state index in [9.17, 15) is 9.59 Å². The zero-order valence-electron chi connectivity index (χ0n) is 23.2. The molecule has 6 nitrogen and oxygen atoms in total. The smallest absolute Gasteiger partial charge is 0.242 e. The van der Waals surface area contributed by atoms with Crippen LogP contribution in [0.25, 0.3) is 0 Å². The number of carbonyl (C=O) groups excluding carboxylic acids is 2. The maximum atomic E-state index is 12.7. The number of amides is 2. The van der Waals surface area contributed by atoms with E-state index < -0.39 is 6.04 Å². The molecule has 0 fully saturated rings. The predicted molar refractivity (Wildman–Crippen MR) is 137 cm³/mol. The van der Waals surface area contributed by atoms with Gasteiger partial charge in [0.15, 0.2) is 0 Å². The molecule has 0 spiro atoms. The molecule has 0 saturated carbocycles. The summed E-state index contributed by atoms with van der Waals surface area (Å²) in [7, 11) is 0. The van der Waals surface area contributed by atoms with E-state index in [0.717, 1.165) is 38.7 Å². The monoisotopic (exact) mass is 470 g/mol. The van der Waals surface area contributed by atoms with E-state index in [1.165, 1.54) is 0 Å². The Balaban J connectivity index is 4.33. The average molecular weight is 471 g/mol. The molecule has 0 aromatic carbocycles. The number of nitrogens with one attached hydrogen (secondary N) is 2. The summed E-state index contributed by atoms with van der Waals surface area (Å²) in [5.41, 5.74) is 0.647. The van der Waals surface area contributed by atoms with Gasteiger partial charge in [0.25, 0.3) is 0 Å². The van der Waals surface area contributed by atoms with Gasteiger partial charge in [-0.05, 0) is 41.9 Å². The third kappa shape index (κ3) is 22.4. The van der Waals surface area contributed by atoms with Gasteiger partial charge in [0, 0.05) is 19.6 Å². The number of rotatable bonds is 16. The van der Waals surface area contributed by atoms with E-state index in [1.54, 1.807) is 0 Å². The Bertz CT molecular complexity index is 542. The summed E-state index contributed by atoms with van der Waals surface area (Å²) in [5.74, 6) is -0.176. The highest BCUT2D eigenvalue weighted by Gasteiger charge is 2.22. The van der Waals surface area contributed by atoms with Crippen LogP contribution in [0.5, 0.6) is 0 Å². The van der Waals surface area contributed by atoms with Crippen LogP contribution in [-0.2, 0) is 19.1 Å². The van der Waals surface area contributed by atoms with Gasteiger partial charge >= 0.3 is 0 Å². The number of ether oxygens (including phenoxy) is 2. The molecule has 0 aliphatic heterocycles. The molecule has 2 N–H and O–H groups in total. The van der Waals surface area contributed by atoms with Crippen LogP contribution >= 0.6 is 0 Å². The summed E-state index contributed by atoms with van der Waals surface area (Å²) in [6.07, 6.45) is 5.97. The molecule has 0 unspecified atom stereocenters. The first kappa shape index (κ1) is 31.9. The lowest BCUT2D eigenvalue weighted by atomic mass is 9.89. The van der Waals surface area contributed by atoms with Crippen molar-refractivity contribution in [3.63, 3.8) is 0 Å². The van der Waals surface area contributed by atoms with E-state index in [2.05, 4.69) is 72.9 Å². The van der Waals surface area contributed by atoms with Crippen molar-refractivity contribution in [2.45, 2.75) is 113 Å². The summed E-state index contributed by atoms with van der Waals surface area (Å²) in [6.45, 7) is 22.3. The number of hydrogen-bond acceptors (Lipinski definition) is 4. The third-order valence-electron chi connectivity index (χ3n) is 5.34. The van der Waals surface area contributed by atoms with Crippen molar-refractivity contribution in [2.24, 2.45) is 16.2 Å². The van der Waals surface area contributed by atoms with Gasteiger partial charge in [-0.1, -0.05) is 75.2 Å². The zero-order valence-corrected chi connectivity index (χ0v) is 23.2. The third-order valence-corrected chi connectivity index (χ3v) is 5.34. The van der Waals surface area contributed by atoms with E-state index >= 15 is 0 Å². The fraction of sp³-hybridized carbons (Fsp3) is 0.926. The molecule has 0 radical (unpaired) electrons. The molecular weight excluding hydrogens is 416 g/mol. The van der Waals surface area contributed by atoms with Crippen LogP contribution in [0.3, 0.4) is 0 Å². The average Bonchev–Trinajstić information content (AvgIpc) is 2.65. The second-order valence-electron chi connectivity index (χ2n) is 12.8. The van der Waals surface area contributed by atoms with Crippen LogP contribution in [0, 0.1) is 16.2 Å². The fourth-order valence-corrected chi connectivity index (χ4v) is 3.10. The van der Waals surface area contributed by atoms with Crippen molar-refractivity contribution in [3.8, 4) is 0 Å². The van der Waals surface area contributed by atoms with Crippen LogP contribution in [0.4, 0.5) is 0 Å². The van der Waals surface area contributed by atoms with Crippen molar-refractivity contribution in [2.75, 3.05) is 33.0 Å². The van der Waals surface area contributed by atoms with E-state index in [4.69, 9.17) is 9.47 Å². The summed E-state index contributed by atoms with van der Waals surface area (Å²) in [5, 5.41) is 5.88. The maximum absolute atomic E-state index is 12.7. The van der Waals surface area contributed by atoms with E-state index in [1.807, 2.05) is 0 Å². The minimum Gasteiger partial charge on any atom is -0.379 e. The van der Waals surface area contributed by atoms with Gasteiger partial charge in [-0.15, -0.1) is 0 Å². The molecule has 0 bridgehead atoms. The van der Waals surface area contributed by atoms with Gasteiger partial charge < -0.3 is 20.1 Å². The van der Waals surface area contributed by atoms with Gasteiger partial charge in [-0.25, -0.2) is 0 Å². The number of carbonyl (C=O) groups is 2. The second kappa shape index (κ2) is 15.7. The maximum Gasteiger partial charge on any atom is 0.242 e. The first-order valence-electron chi connectivity index (χ1n) is 12.8. The first-order valence-corrected chi connectivity index (χ1v) is 12.8. The molecule has 0 rings (SSSR count). The standard InChI is InChI=1S/C27H54N2O4/c1-25(2,3)14-11-10-12-22(29-23(30)13-15-26(4,5)6)24(31)28-17-19-33-21-20-32-18-16-27(7,8)9/h22H,10-21H2,1-9H3,(H,28,31)(H,29,30)/t22-/m0/s1. The van der Waals surface area contributed by atoms with Gasteiger partial charge in [0.1, 0.15) is 6.04 Å². The van der Waals surface area contributed by atoms with Crippen LogP contribution in [0.2, 0.25) is 0 Å². The number of unbranched alkanes of at least 4 members (excludes halogenated alkanes) is 1. The Morgan fingerprint density at radius 3 is 1.79 bits per heavy atom. The molecule has 0 aliphatic rings. The van der Waals surface area contributed by atoms with Crippen molar-refractivity contribution in [1.29, 1.82) is 0 Å². The minimum absolute atomic E-state index is 0.0513. The molecule has 2 amide bonds. The van der Waals surface area contributed by atoms with Gasteiger partial charge in [0.2, 0.25) is 11.8 Å². The van der Waals surface area contributed by atoms with Crippen LogP contribution in [0.15, 0.2) is 0 Å². The predicted octanol–water partition coefficient (Wildman–Crippen LogP) is 5.49. The fourth-order valence-electron chi connectivity index (χ4n) is 3.10. The molecular formula is C27H54N2O4. The topological polar surface area (TPSA) is 76.7 Å². The minimum atomic E-state index is -0.488. The van der Waals surface area contributed by atoms with E-state index in [0.29, 0.717) is 39.2 Å². The SMILES string of the molecule is CC(C)(C)CCCC[C@H](NC(=O)CCC(C)(C)C)C(=O)NCCOCCOCCC(C)(C)C. The van der Waals surface area contributed by atoms with Crippen molar-refractivity contribution >= 4 is 11.8 Å². The molecule has 0 heterocycles. The molecule has 1 atom stereocenters. The van der Waals surface area contributed by atoms with Crippen molar-refractivity contribution in [3.05, 3.63) is 0 Å². The highest BCUT2D eigenvalue weighted by molar-refractivity contribution is 5.87. The normalized spacial score (nSPS) is 13.6. The summed E-state index contributed by atoms with van der Waals surface area (Å²) in [4.78, 5) is 25.2. The lowest BCUT2D eigenvalue weighted by molar-refractivity contribution is -0.129. The second-order valence-corrected chi connectivity index (χ2v) is 12.8. The lowest BCUT2D eigenvalue weighted by Crippen LogP contribution is -2.47. The van der Waals surface area contributed by atoms with Gasteiger partial charge in [-0.2, -0.15) is 0 Å². The molecule has 0 aromatic rings. The molecule has 0 aliphatic carbocycles. The molecule has 33 heavy (non-hydrogen) atoms. The Morgan fingerprint density at radius 2 is 1.24 bits per heavy atom. The number of hydrogen-bond donors (Lipinski definition) is 2. The highest BCUT2D eigenvalue weighted by atomic mass is 16.5. The lowest BCUT2D eigenvalue weighted by Gasteiger charge is -2.22. The van der Waals surface area contributed by atoms with Gasteiger partial charge in [0.05, 0.1) is 19.8 Å². The van der Waals surface area contributed by atoms with Crippen molar-refractivity contribution in [1.82, 2.24) is 10.6 Å². The van der Waals surface area contributed by atoms with Crippen LogP contribution in [-0.4, -0.2) is 50.8 Å². The van der Waals surface area contributed by atoms with Gasteiger partial charge in [-0.3, -0.25) is 9.59 Å². The summed E-state index contributed by atoms with van der Waals surface area (Å²) in [6, 6.07) is -0.488. The van der Waals surface area contributed by atoms with Crippen LogP contribution in [0.1, 0.15) is 107 Å². The van der Waals surface area contributed by atoms with Crippen molar-refractivity contribution < 1.29 is 19.1 Å². The zero-order chi connectivity index (χ0) is 25.5. The Kier molecular flexibility index (Phi) is 15.2. The Morgan fingerprint density at radius 1 is 0.697 bits per heavy atom.